The molecule has 0 saturated carbocycles. The fourth-order valence-electron chi connectivity index (χ4n) is 2.99. The molecule has 0 unspecified atom stereocenters. The van der Waals surface area contributed by atoms with Crippen LogP contribution in [0.3, 0.4) is 0 Å². The highest BCUT2D eigenvalue weighted by atomic mass is 19.1. The zero-order valence-corrected chi connectivity index (χ0v) is 17.9. The molecule has 0 aliphatic carbocycles. The summed E-state index contributed by atoms with van der Waals surface area (Å²) in [5.41, 5.74) is 7.07. The third-order valence-corrected chi connectivity index (χ3v) is 4.68. The molecule has 12 heteroatoms. The number of amides is 2. The Morgan fingerprint density at radius 3 is 2.69 bits per heavy atom. The number of ether oxygens (including phenoxy) is 1. The fourth-order valence-corrected chi connectivity index (χ4v) is 2.99. The summed E-state index contributed by atoms with van der Waals surface area (Å²) in [6, 6.07) is 5.23. The van der Waals surface area contributed by atoms with Crippen molar-refractivity contribution in [2.45, 2.75) is 26.2 Å². The summed E-state index contributed by atoms with van der Waals surface area (Å²) in [5, 5.41) is 20.3. The van der Waals surface area contributed by atoms with Gasteiger partial charge in [0.15, 0.2) is 17.3 Å². The second-order valence-corrected chi connectivity index (χ2v) is 8.19. The summed E-state index contributed by atoms with van der Waals surface area (Å²) < 4.78 is 21.7. The molecular weight excluding hydrogens is 419 g/mol. The van der Waals surface area contributed by atoms with E-state index >= 15 is 0 Å². The van der Waals surface area contributed by atoms with Crippen LogP contribution >= 0.6 is 0 Å². The summed E-state index contributed by atoms with van der Waals surface area (Å²) >= 11 is 0. The summed E-state index contributed by atoms with van der Waals surface area (Å²) in [7, 11) is 1.73. The second-order valence-electron chi connectivity index (χ2n) is 8.19. The zero-order chi connectivity index (χ0) is 23.0. The molecule has 2 amide bonds. The smallest absolute Gasteiger partial charge is 0.324 e. The van der Waals surface area contributed by atoms with Crippen molar-refractivity contribution in [2.75, 3.05) is 10.6 Å². The number of halogens is 1. The van der Waals surface area contributed by atoms with Crippen molar-refractivity contribution < 1.29 is 19.1 Å². The van der Waals surface area contributed by atoms with Crippen LogP contribution in [0.4, 0.5) is 20.7 Å². The molecule has 4 rings (SSSR count). The predicted molar refractivity (Wildman–Crippen MR) is 115 cm³/mol. The number of nitrogens with one attached hydrogen (secondary N) is 4. The number of aliphatic imine (C=N–C) groups is 1. The van der Waals surface area contributed by atoms with E-state index in [0.717, 1.165) is 16.8 Å². The molecule has 5 N–H and O–H groups in total. The molecule has 2 aromatic rings. The van der Waals surface area contributed by atoms with E-state index in [2.05, 4.69) is 31.6 Å². The van der Waals surface area contributed by atoms with Gasteiger partial charge in [-0.15, -0.1) is 0 Å². The van der Waals surface area contributed by atoms with Crippen LogP contribution in [0.15, 0.2) is 52.7 Å². The standard InChI is InChI=1S/C20H23FN8O3/c1-20(2,3)15-8-16(28(4)27-15)24-19(30)23-11-5-6-14(12(21)7-11)32-18-17-13(25-26-18)9-22-10-29(17)31/h5-10,25-26,31H,1-4H3,(H2,23,24,30). The maximum absolute atomic E-state index is 14.6. The lowest BCUT2D eigenvalue weighted by Gasteiger charge is -2.16. The Bertz CT molecular complexity index is 1160. The summed E-state index contributed by atoms with van der Waals surface area (Å²) in [6.07, 6.45) is 2.64. The van der Waals surface area contributed by atoms with E-state index in [4.69, 9.17) is 4.74 Å². The number of hydrazine groups is 1. The molecule has 0 fully saturated rings. The van der Waals surface area contributed by atoms with Gasteiger partial charge in [0.1, 0.15) is 17.9 Å². The lowest BCUT2D eigenvalue weighted by molar-refractivity contribution is 0.0270. The minimum absolute atomic E-state index is 0.0908. The lowest BCUT2D eigenvalue weighted by Crippen LogP contribution is -2.25. The van der Waals surface area contributed by atoms with Crippen molar-refractivity contribution in [2.24, 2.45) is 12.0 Å². The van der Waals surface area contributed by atoms with Gasteiger partial charge in [0.25, 0.3) is 0 Å². The monoisotopic (exact) mass is 442 g/mol. The zero-order valence-electron chi connectivity index (χ0n) is 17.9. The van der Waals surface area contributed by atoms with E-state index in [9.17, 15) is 14.4 Å². The van der Waals surface area contributed by atoms with Crippen LogP contribution < -0.4 is 26.2 Å². The van der Waals surface area contributed by atoms with Crippen LogP contribution in [0.1, 0.15) is 26.5 Å². The van der Waals surface area contributed by atoms with Gasteiger partial charge in [-0.25, -0.2) is 19.2 Å². The third-order valence-electron chi connectivity index (χ3n) is 4.68. The van der Waals surface area contributed by atoms with E-state index in [1.807, 2.05) is 20.8 Å². The van der Waals surface area contributed by atoms with Crippen molar-refractivity contribution in [3.63, 3.8) is 0 Å². The molecule has 1 aromatic carbocycles. The van der Waals surface area contributed by atoms with Crippen LogP contribution in [0.25, 0.3) is 0 Å². The Kier molecular flexibility index (Phi) is 5.22. The van der Waals surface area contributed by atoms with Crippen LogP contribution in [-0.2, 0) is 12.5 Å². The van der Waals surface area contributed by atoms with Gasteiger partial charge in [0.05, 0.1) is 11.9 Å². The molecule has 3 heterocycles. The maximum atomic E-state index is 14.6. The molecule has 0 atom stereocenters. The van der Waals surface area contributed by atoms with E-state index in [0.29, 0.717) is 11.5 Å². The van der Waals surface area contributed by atoms with Crippen molar-refractivity contribution in [1.82, 2.24) is 25.7 Å². The molecule has 0 spiro atoms. The van der Waals surface area contributed by atoms with Gasteiger partial charge in [0.2, 0.25) is 5.88 Å². The molecule has 0 bridgehead atoms. The Hall–Kier alpha value is -4.06. The van der Waals surface area contributed by atoms with Gasteiger partial charge in [-0.1, -0.05) is 20.8 Å². The number of hydrogen-bond acceptors (Lipinski definition) is 8. The van der Waals surface area contributed by atoms with Crippen molar-refractivity contribution >= 4 is 23.9 Å². The van der Waals surface area contributed by atoms with E-state index < -0.39 is 11.8 Å². The SMILES string of the molecule is Cn1nc(C(C)(C)C)cc1NC(=O)Nc1ccc(OC2=C3C(=CN=CN3O)NN2)c(F)c1. The Labute approximate surface area is 183 Å². The molecule has 168 valence electrons. The second kappa shape index (κ2) is 7.89. The van der Waals surface area contributed by atoms with Crippen LogP contribution in [-0.4, -0.2) is 32.4 Å². The Morgan fingerprint density at radius 2 is 2.00 bits per heavy atom. The minimum Gasteiger partial charge on any atom is -0.434 e. The molecule has 11 nitrogen and oxygen atoms in total. The lowest BCUT2D eigenvalue weighted by atomic mass is 9.92. The third kappa shape index (κ3) is 4.21. The first kappa shape index (κ1) is 21.2. The number of nitrogens with zero attached hydrogens (tertiary/aromatic N) is 4. The van der Waals surface area contributed by atoms with Gasteiger partial charge in [0, 0.05) is 30.3 Å². The quantitative estimate of drug-likeness (QED) is 0.493. The van der Waals surface area contributed by atoms with Gasteiger partial charge < -0.3 is 10.1 Å². The van der Waals surface area contributed by atoms with Gasteiger partial charge >= 0.3 is 6.03 Å². The maximum Gasteiger partial charge on any atom is 0.324 e. The van der Waals surface area contributed by atoms with Crippen LogP contribution in [0.2, 0.25) is 0 Å². The van der Waals surface area contributed by atoms with E-state index in [-0.39, 0.29) is 28.4 Å². The van der Waals surface area contributed by atoms with Gasteiger partial charge in [-0.3, -0.25) is 26.1 Å². The number of hydroxylamine groups is 2. The van der Waals surface area contributed by atoms with Gasteiger partial charge in [-0.05, 0) is 12.1 Å². The Morgan fingerprint density at radius 1 is 1.22 bits per heavy atom. The minimum atomic E-state index is -0.709. The number of aromatic nitrogens is 2. The highest BCUT2D eigenvalue weighted by molar-refractivity contribution is 5.99. The van der Waals surface area contributed by atoms with E-state index in [1.165, 1.54) is 24.7 Å². The van der Waals surface area contributed by atoms with Gasteiger partial charge in [-0.2, -0.15) is 5.10 Å². The number of carbonyl (C=O) groups excluding carboxylic acids is 1. The number of carbonyl (C=O) groups is 1. The first-order valence-corrected chi connectivity index (χ1v) is 9.70. The number of hydrogen-bond donors (Lipinski definition) is 5. The number of benzene rings is 1. The molecule has 0 radical (unpaired) electrons. The number of fused-ring (bicyclic) bond motifs is 1. The van der Waals surface area contributed by atoms with Crippen molar-refractivity contribution in [1.29, 1.82) is 0 Å². The number of aryl methyl sites for hydroxylation is 1. The predicted octanol–water partition coefficient (Wildman–Crippen LogP) is 2.73. The molecule has 32 heavy (non-hydrogen) atoms. The highest BCUT2D eigenvalue weighted by Gasteiger charge is 2.28. The summed E-state index contributed by atoms with van der Waals surface area (Å²) in [5.74, 6) is -0.214. The summed E-state index contributed by atoms with van der Waals surface area (Å²) in [4.78, 5) is 16.2. The molecular formula is C20H23FN8O3. The average molecular weight is 442 g/mol. The van der Waals surface area contributed by atoms with E-state index in [1.54, 1.807) is 17.8 Å². The molecule has 2 aliphatic heterocycles. The summed E-state index contributed by atoms with van der Waals surface area (Å²) in [6.45, 7) is 6.07. The fraction of sp³-hybridized carbons (Fsp3) is 0.250. The number of urea groups is 1. The average Bonchev–Trinajstić information content (AvgIpc) is 3.28. The normalized spacial score (nSPS) is 15.1. The van der Waals surface area contributed by atoms with Crippen LogP contribution in [0, 0.1) is 5.82 Å². The topological polar surface area (TPSA) is 128 Å². The number of rotatable bonds is 4. The first-order chi connectivity index (χ1) is 15.1. The Balaban J connectivity index is 1.43. The van der Waals surface area contributed by atoms with Crippen molar-refractivity contribution in [3.8, 4) is 5.75 Å². The van der Waals surface area contributed by atoms with Crippen LogP contribution in [0.5, 0.6) is 5.75 Å². The molecule has 1 aromatic heterocycles. The van der Waals surface area contributed by atoms with Crippen molar-refractivity contribution in [3.05, 3.63) is 59.3 Å². The molecule has 0 saturated heterocycles. The molecule has 2 aliphatic rings. The number of anilines is 2. The first-order valence-electron chi connectivity index (χ1n) is 9.70. The largest absolute Gasteiger partial charge is 0.434 e. The highest BCUT2D eigenvalue weighted by Crippen LogP contribution is 2.28.